The van der Waals surface area contributed by atoms with Crippen molar-refractivity contribution in [3.8, 4) is 0 Å². The Balaban J connectivity index is 1.88. The van der Waals surface area contributed by atoms with Gasteiger partial charge in [0.25, 0.3) is 0 Å². The molecular formula is C14H20N2O2. The minimum atomic E-state index is -0.105. The lowest BCUT2D eigenvalue weighted by Crippen LogP contribution is -2.31. The topological polar surface area (TPSA) is 50.4 Å². The highest BCUT2D eigenvalue weighted by atomic mass is 16.5. The Labute approximate surface area is 108 Å². The maximum absolute atomic E-state index is 11.7. The summed E-state index contributed by atoms with van der Waals surface area (Å²) in [6.45, 7) is 4.79. The van der Waals surface area contributed by atoms with Crippen molar-refractivity contribution in [2.24, 2.45) is 5.92 Å². The Morgan fingerprint density at radius 1 is 1.44 bits per heavy atom. The molecule has 0 aliphatic carbocycles. The molecule has 0 saturated heterocycles. The molecule has 0 fully saturated rings. The van der Waals surface area contributed by atoms with Crippen molar-refractivity contribution in [1.82, 2.24) is 10.6 Å². The highest BCUT2D eigenvalue weighted by molar-refractivity contribution is 5.78. The summed E-state index contributed by atoms with van der Waals surface area (Å²) < 4.78 is 4.97. The molecule has 98 valence electrons. The molecule has 1 aromatic rings. The molecule has 2 rings (SSSR count). The number of carbonyl (C=O) groups excluding carboxylic acids is 1. The molecule has 0 aromatic heterocycles. The summed E-state index contributed by atoms with van der Waals surface area (Å²) in [5.74, 6) is -0.0680. The lowest BCUT2D eigenvalue weighted by Gasteiger charge is -2.11. The quantitative estimate of drug-likeness (QED) is 0.823. The first-order valence-corrected chi connectivity index (χ1v) is 6.28. The van der Waals surface area contributed by atoms with Crippen LogP contribution in [0.1, 0.15) is 23.6 Å². The van der Waals surface area contributed by atoms with Gasteiger partial charge in [-0.05, 0) is 16.7 Å². The highest BCUT2D eigenvalue weighted by Crippen LogP contribution is 2.16. The van der Waals surface area contributed by atoms with Gasteiger partial charge in [-0.15, -0.1) is 0 Å². The number of ether oxygens (including phenoxy) is 1. The van der Waals surface area contributed by atoms with Crippen LogP contribution in [0.25, 0.3) is 0 Å². The third-order valence-electron chi connectivity index (χ3n) is 3.23. The van der Waals surface area contributed by atoms with E-state index in [0.717, 1.165) is 18.7 Å². The van der Waals surface area contributed by atoms with Crippen molar-refractivity contribution >= 4 is 5.91 Å². The van der Waals surface area contributed by atoms with Gasteiger partial charge in [0.05, 0.1) is 12.5 Å². The van der Waals surface area contributed by atoms with Crippen LogP contribution in [-0.4, -0.2) is 19.6 Å². The number of methoxy groups -OCH3 is 1. The minimum Gasteiger partial charge on any atom is -0.384 e. The number of carbonyl (C=O) groups is 1. The molecule has 1 aliphatic rings. The SMILES string of the molecule is COCC(C)C(=O)NCc1ccc2c(c1)CNC2. The molecule has 0 bridgehead atoms. The average Bonchev–Trinajstić information content (AvgIpc) is 2.83. The van der Waals surface area contributed by atoms with E-state index in [0.29, 0.717) is 13.2 Å². The molecule has 4 nitrogen and oxygen atoms in total. The van der Waals surface area contributed by atoms with Gasteiger partial charge in [0.15, 0.2) is 0 Å². The zero-order valence-electron chi connectivity index (χ0n) is 11.0. The van der Waals surface area contributed by atoms with E-state index >= 15 is 0 Å². The molecule has 18 heavy (non-hydrogen) atoms. The molecule has 0 spiro atoms. The normalized spacial score (nSPS) is 15.2. The molecule has 0 radical (unpaired) electrons. The predicted molar refractivity (Wildman–Crippen MR) is 69.9 cm³/mol. The standard InChI is InChI=1S/C14H20N2O2/c1-10(9-18-2)14(17)16-6-11-3-4-12-7-15-8-13(12)5-11/h3-5,10,15H,6-9H2,1-2H3,(H,16,17). The number of hydrogen-bond donors (Lipinski definition) is 2. The Kier molecular flexibility index (Phi) is 4.33. The van der Waals surface area contributed by atoms with Crippen LogP contribution in [0.4, 0.5) is 0 Å². The molecule has 0 saturated carbocycles. The van der Waals surface area contributed by atoms with E-state index in [9.17, 15) is 4.79 Å². The number of hydrogen-bond acceptors (Lipinski definition) is 3. The second-order valence-corrected chi connectivity index (χ2v) is 4.78. The Morgan fingerprint density at radius 2 is 2.22 bits per heavy atom. The fourth-order valence-electron chi connectivity index (χ4n) is 2.15. The van der Waals surface area contributed by atoms with E-state index in [4.69, 9.17) is 4.74 Å². The van der Waals surface area contributed by atoms with Gasteiger partial charge in [-0.2, -0.15) is 0 Å². The minimum absolute atomic E-state index is 0.0375. The third kappa shape index (κ3) is 3.09. The van der Waals surface area contributed by atoms with Crippen LogP contribution in [0.15, 0.2) is 18.2 Å². The summed E-state index contributed by atoms with van der Waals surface area (Å²) in [5.41, 5.74) is 3.85. The van der Waals surface area contributed by atoms with E-state index in [2.05, 4.69) is 28.8 Å². The van der Waals surface area contributed by atoms with Gasteiger partial charge in [0, 0.05) is 26.7 Å². The summed E-state index contributed by atoms with van der Waals surface area (Å²) in [5, 5.41) is 6.25. The fourth-order valence-corrected chi connectivity index (χ4v) is 2.15. The van der Waals surface area contributed by atoms with Gasteiger partial charge in [0.1, 0.15) is 0 Å². The van der Waals surface area contributed by atoms with Crippen LogP contribution < -0.4 is 10.6 Å². The monoisotopic (exact) mass is 248 g/mol. The largest absolute Gasteiger partial charge is 0.384 e. The van der Waals surface area contributed by atoms with E-state index in [1.165, 1.54) is 11.1 Å². The lowest BCUT2D eigenvalue weighted by molar-refractivity contribution is -0.126. The van der Waals surface area contributed by atoms with E-state index < -0.39 is 0 Å². The van der Waals surface area contributed by atoms with E-state index in [1.54, 1.807) is 7.11 Å². The molecule has 1 atom stereocenters. The number of fused-ring (bicyclic) bond motifs is 1. The second-order valence-electron chi connectivity index (χ2n) is 4.78. The third-order valence-corrected chi connectivity index (χ3v) is 3.23. The predicted octanol–water partition coefficient (Wildman–Crippen LogP) is 1.19. The van der Waals surface area contributed by atoms with Crippen LogP contribution in [0, 0.1) is 5.92 Å². The van der Waals surface area contributed by atoms with Crippen LogP contribution in [0.2, 0.25) is 0 Å². The zero-order chi connectivity index (χ0) is 13.0. The Morgan fingerprint density at radius 3 is 3.00 bits per heavy atom. The second kappa shape index (κ2) is 5.98. The smallest absolute Gasteiger partial charge is 0.225 e. The molecule has 4 heteroatoms. The summed E-state index contributed by atoms with van der Waals surface area (Å²) in [6.07, 6.45) is 0. The van der Waals surface area contributed by atoms with E-state index in [-0.39, 0.29) is 11.8 Å². The van der Waals surface area contributed by atoms with Gasteiger partial charge in [0.2, 0.25) is 5.91 Å². The molecule has 2 N–H and O–H groups in total. The molecule has 1 unspecified atom stereocenters. The van der Waals surface area contributed by atoms with Crippen LogP contribution in [0.3, 0.4) is 0 Å². The first kappa shape index (κ1) is 13.1. The van der Waals surface area contributed by atoms with Crippen LogP contribution in [0.5, 0.6) is 0 Å². The summed E-state index contributed by atoms with van der Waals surface area (Å²) in [7, 11) is 1.61. The number of rotatable bonds is 5. The van der Waals surface area contributed by atoms with Crippen molar-refractivity contribution < 1.29 is 9.53 Å². The Bertz CT molecular complexity index is 432. The van der Waals surface area contributed by atoms with Gasteiger partial charge in [-0.1, -0.05) is 25.1 Å². The number of nitrogens with one attached hydrogen (secondary N) is 2. The zero-order valence-corrected chi connectivity index (χ0v) is 11.0. The summed E-state index contributed by atoms with van der Waals surface area (Å²) >= 11 is 0. The van der Waals surface area contributed by atoms with Gasteiger partial charge in [-0.3, -0.25) is 4.79 Å². The first-order chi connectivity index (χ1) is 8.70. The van der Waals surface area contributed by atoms with Crippen molar-refractivity contribution in [2.75, 3.05) is 13.7 Å². The van der Waals surface area contributed by atoms with Gasteiger partial charge in [-0.25, -0.2) is 0 Å². The first-order valence-electron chi connectivity index (χ1n) is 6.28. The average molecular weight is 248 g/mol. The molecule has 1 heterocycles. The molecular weight excluding hydrogens is 228 g/mol. The van der Waals surface area contributed by atoms with E-state index in [1.807, 2.05) is 6.92 Å². The van der Waals surface area contributed by atoms with Crippen LogP contribution in [-0.2, 0) is 29.2 Å². The lowest BCUT2D eigenvalue weighted by atomic mass is 10.1. The molecule has 1 aliphatic heterocycles. The van der Waals surface area contributed by atoms with Crippen molar-refractivity contribution in [1.29, 1.82) is 0 Å². The van der Waals surface area contributed by atoms with Gasteiger partial charge < -0.3 is 15.4 Å². The number of benzene rings is 1. The van der Waals surface area contributed by atoms with Crippen molar-refractivity contribution in [3.05, 3.63) is 34.9 Å². The van der Waals surface area contributed by atoms with Gasteiger partial charge >= 0.3 is 0 Å². The van der Waals surface area contributed by atoms with Crippen molar-refractivity contribution in [3.63, 3.8) is 0 Å². The van der Waals surface area contributed by atoms with Crippen molar-refractivity contribution in [2.45, 2.75) is 26.6 Å². The molecule has 1 aromatic carbocycles. The Hall–Kier alpha value is -1.39. The van der Waals surface area contributed by atoms with Crippen LogP contribution >= 0.6 is 0 Å². The highest BCUT2D eigenvalue weighted by Gasteiger charge is 2.13. The fraction of sp³-hybridized carbons (Fsp3) is 0.500. The number of amides is 1. The summed E-state index contributed by atoms with van der Waals surface area (Å²) in [6, 6.07) is 6.37. The molecule has 1 amide bonds. The summed E-state index contributed by atoms with van der Waals surface area (Å²) in [4.78, 5) is 11.7. The maximum atomic E-state index is 11.7. The maximum Gasteiger partial charge on any atom is 0.225 e.